The second-order valence-electron chi connectivity index (χ2n) is 7.52. The molecule has 0 aliphatic rings. The van der Waals surface area contributed by atoms with Crippen molar-refractivity contribution < 1.29 is 58.1 Å². The van der Waals surface area contributed by atoms with Gasteiger partial charge in [-0.2, -0.15) is 16.8 Å². The normalized spacial score (nSPS) is 11.4. The van der Waals surface area contributed by atoms with E-state index in [2.05, 4.69) is 21.5 Å². The van der Waals surface area contributed by atoms with Crippen molar-refractivity contribution in [3.8, 4) is 23.0 Å². The topological polar surface area (TPSA) is 189 Å². The van der Waals surface area contributed by atoms with Crippen molar-refractivity contribution in [1.29, 1.82) is 0 Å². The smallest absolute Gasteiger partial charge is 0.397 e. The Bertz CT molecular complexity index is 1310. The van der Waals surface area contributed by atoms with E-state index < -0.39 is 32.7 Å². The number of benzene rings is 2. The third kappa shape index (κ3) is 11.4. The zero-order valence-corrected chi connectivity index (χ0v) is 22.1. The van der Waals surface area contributed by atoms with E-state index in [1.54, 1.807) is 0 Å². The molecule has 212 valence electrons. The van der Waals surface area contributed by atoms with Crippen LogP contribution in [0.3, 0.4) is 0 Å². The van der Waals surface area contributed by atoms with E-state index in [4.69, 9.17) is 23.3 Å². The molecular formula is C24H26O13S2. The number of hydrogen-bond donors (Lipinski definition) is 2. The molecule has 0 aliphatic heterocycles. The van der Waals surface area contributed by atoms with Gasteiger partial charge in [-0.25, -0.2) is 18.0 Å². The maximum Gasteiger partial charge on any atom is 0.397 e. The molecule has 0 aliphatic carbocycles. The van der Waals surface area contributed by atoms with E-state index >= 15 is 0 Å². The Morgan fingerprint density at radius 1 is 0.692 bits per heavy atom. The van der Waals surface area contributed by atoms with Crippen LogP contribution in [-0.4, -0.2) is 51.1 Å². The van der Waals surface area contributed by atoms with E-state index in [1.165, 1.54) is 36.4 Å². The third-order valence-corrected chi connectivity index (χ3v) is 5.69. The number of ether oxygens (including phenoxy) is 3. The van der Waals surface area contributed by atoms with Crippen LogP contribution in [0.25, 0.3) is 0 Å². The van der Waals surface area contributed by atoms with Gasteiger partial charge < -0.3 is 14.2 Å². The summed E-state index contributed by atoms with van der Waals surface area (Å²) in [6, 6.07) is 9.09. The van der Waals surface area contributed by atoms with Crippen LogP contribution in [0, 0.1) is 0 Å². The Labute approximate surface area is 225 Å². The van der Waals surface area contributed by atoms with Crippen molar-refractivity contribution in [1.82, 2.24) is 0 Å². The lowest BCUT2D eigenvalue weighted by molar-refractivity contribution is -0.129. The fourth-order valence-electron chi connectivity index (χ4n) is 3.21. The third-order valence-electron chi connectivity index (χ3n) is 4.76. The maximum atomic E-state index is 11.9. The van der Waals surface area contributed by atoms with Crippen LogP contribution >= 0.6 is 0 Å². The van der Waals surface area contributed by atoms with Crippen LogP contribution in [0.1, 0.15) is 24.0 Å². The Balaban J connectivity index is 2.44. The van der Waals surface area contributed by atoms with Crippen molar-refractivity contribution >= 4 is 32.7 Å². The molecule has 0 saturated heterocycles. The summed E-state index contributed by atoms with van der Waals surface area (Å²) in [5.41, 5.74) is 0.668. The van der Waals surface area contributed by atoms with E-state index in [9.17, 15) is 26.4 Å². The lowest BCUT2D eigenvalue weighted by atomic mass is 10.1. The number of carbonyl (C=O) groups is 2. The number of rotatable bonds is 16. The maximum absolute atomic E-state index is 11.9. The van der Waals surface area contributed by atoms with Gasteiger partial charge in [0.1, 0.15) is 23.0 Å². The minimum absolute atomic E-state index is 0.0651. The summed E-state index contributed by atoms with van der Waals surface area (Å²) < 4.78 is 86.4. The van der Waals surface area contributed by atoms with Crippen LogP contribution < -0.4 is 14.2 Å². The van der Waals surface area contributed by atoms with Crippen molar-refractivity contribution in [3.63, 3.8) is 0 Å². The minimum Gasteiger partial charge on any atom is -0.457 e. The number of carbonyl (C=O) groups excluding carboxylic acids is 2. The monoisotopic (exact) mass is 586 g/mol. The first-order chi connectivity index (χ1) is 18.3. The second-order valence-corrected chi connectivity index (χ2v) is 9.71. The highest BCUT2D eigenvalue weighted by molar-refractivity contribution is 7.81. The molecule has 2 aromatic carbocycles. The average Bonchev–Trinajstić information content (AvgIpc) is 2.85. The standard InChI is InChI=1S/C24H26O13S2/c1-3-23(25)36-21-13-5-11-19(17(21)9-7-15-33-38(27,28)29)35-20-12-6-14-22(37-24(26)4-2)18(20)10-8-16-34-39(30,31)32/h3-6,11-14H,1-2,7-10,15-16H2,(H,27,28,29)(H,30,31,32). The molecule has 0 radical (unpaired) electrons. The van der Waals surface area contributed by atoms with Crippen molar-refractivity contribution in [2.24, 2.45) is 0 Å². The summed E-state index contributed by atoms with van der Waals surface area (Å²) >= 11 is 0. The SMILES string of the molecule is C=CC(=O)Oc1cccc(Oc2cccc(OC(=O)C=C)c2CCCOS(=O)(=O)O)c1CCCOS(=O)(=O)O. The summed E-state index contributed by atoms with van der Waals surface area (Å²) in [6.45, 7) is 5.94. The van der Waals surface area contributed by atoms with Crippen LogP contribution in [0.5, 0.6) is 23.0 Å². The highest BCUT2D eigenvalue weighted by atomic mass is 32.3. The van der Waals surface area contributed by atoms with Crippen molar-refractivity contribution in [2.45, 2.75) is 25.7 Å². The van der Waals surface area contributed by atoms with Crippen LogP contribution in [0.15, 0.2) is 61.7 Å². The predicted molar refractivity (Wildman–Crippen MR) is 136 cm³/mol. The van der Waals surface area contributed by atoms with Gasteiger partial charge in [-0.15, -0.1) is 0 Å². The first-order valence-corrected chi connectivity index (χ1v) is 13.9. The molecular weight excluding hydrogens is 560 g/mol. The molecule has 15 heteroatoms. The summed E-state index contributed by atoms with van der Waals surface area (Å²) in [4.78, 5) is 23.7. The van der Waals surface area contributed by atoms with Gasteiger partial charge in [0, 0.05) is 23.3 Å². The fraction of sp³-hybridized carbons (Fsp3) is 0.250. The Morgan fingerprint density at radius 2 is 1.05 bits per heavy atom. The summed E-state index contributed by atoms with van der Waals surface area (Å²) in [5.74, 6) is -0.998. The molecule has 0 unspecified atom stereocenters. The molecule has 0 amide bonds. The molecule has 0 aromatic heterocycles. The Morgan fingerprint density at radius 3 is 1.38 bits per heavy atom. The summed E-state index contributed by atoms with van der Waals surface area (Å²) in [7, 11) is -9.31. The van der Waals surface area contributed by atoms with Crippen molar-refractivity contribution in [3.05, 3.63) is 72.8 Å². The molecule has 0 atom stereocenters. The number of hydrogen-bond acceptors (Lipinski definition) is 11. The molecule has 0 bridgehead atoms. The van der Waals surface area contributed by atoms with Crippen LogP contribution in [-0.2, 0) is 51.6 Å². The Kier molecular flexibility index (Phi) is 11.8. The zero-order chi connectivity index (χ0) is 29.1. The lowest BCUT2D eigenvalue weighted by Gasteiger charge is -2.18. The molecule has 2 N–H and O–H groups in total. The van der Waals surface area contributed by atoms with Gasteiger partial charge in [-0.05, 0) is 49.9 Å². The summed E-state index contributed by atoms with van der Waals surface area (Å²) in [5, 5.41) is 0. The van der Waals surface area contributed by atoms with Gasteiger partial charge in [-0.3, -0.25) is 9.11 Å². The van der Waals surface area contributed by atoms with Gasteiger partial charge in [0.2, 0.25) is 0 Å². The van der Waals surface area contributed by atoms with Gasteiger partial charge in [0.15, 0.2) is 0 Å². The van der Waals surface area contributed by atoms with E-state index in [-0.39, 0.29) is 61.9 Å². The van der Waals surface area contributed by atoms with E-state index in [0.29, 0.717) is 11.1 Å². The largest absolute Gasteiger partial charge is 0.457 e. The Hall–Kier alpha value is -3.60. The average molecular weight is 587 g/mol. The van der Waals surface area contributed by atoms with Crippen molar-refractivity contribution in [2.75, 3.05) is 13.2 Å². The minimum atomic E-state index is -4.66. The first kappa shape index (κ1) is 31.6. The molecule has 0 spiro atoms. The molecule has 2 aromatic rings. The van der Waals surface area contributed by atoms with Gasteiger partial charge in [-0.1, -0.05) is 25.3 Å². The number of esters is 2. The van der Waals surface area contributed by atoms with E-state index in [1.807, 2.05) is 0 Å². The molecule has 0 fully saturated rings. The van der Waals surface area contributed by atoms with E-state index in [0.717, 1.165) is 12.2 Å². The lowest BCUT2D eigenvalue weighted by Crippen LogP contribution is -2.10. The molecule has 13 nitrogen and oxygen atoms in total. The molecule has 0 heterocycles. The van der Waals surface area contributed by atoms with Crippen LogP contribution in [0.2, 0.25) is 0 Å². The van der Waals surface area contributed by atoms with Gasteiger partial charge in [0.25, 0.3) is 0 Å². The quantitative estimate of drug-likeness (QED) is 0.0960. The molecule has 39 heavy (non-hydrogen) atoms. The van der Waals surface area contributed by atoms with Crippen LogP contribution in [0.4, 0.5) is 0 Å². The molecule has 2 rings (SSSR count). The van der Waals surface area contributed by atoms with Gasteiger partial charge in [0.05, 0.1) is 13.2 Å². The summed E-state index contributed by atoms with van der Waals surface area (Å²) in [6.07, 6.45) is 2.18. The predicted octanol–water partition coefficient (Wildman–Crippen LogP) is 3.17. The highest BCUT2D eigenvalue weighted by Crippen LogP contribution is 2.38. The fourth-order valence-corrected chi connectivity index (χ4v) is 3.87. The van der Waals surface area contributed by atoms with Gasteiger partial charge >= 0.3 is 32.7 Å². The molecule has 0 saturated carbocycles. The zero-order valence-electron chi connectivity index (χ0n) is 20.5. The first-order valence-electron chi connectivity index (χ1n) is 11.2. The highest BCUT2D eigenvalue weighted by Gasteiger charge is 2.19. The second kappa shape index (κ2) is 14.5.